The van der Waals surface area contributed by atoms with E-state index in [-0.39, 0.29) is 5.41 Å². The zero-order valence-corrected chi connectivity index (χ0v) is 26.4. The number of aromatic nitrogens is 2. The van der Waals surface area contributed by atoms with E-state index in [1.165, 1.54) is 88.4 Å². The topological polar surface area (TPSA) is 9.86 Å². The largest absolute Gasteiger partial charge is 0.309 e. The third kappa shape index (κ3) is 3.61. The van der Waals surface area contributed by atoms with E-state index in [0.717, 1.165) is 0 Å². The molecule has 1 aliphatic rings. The summed E-state index contributed by atoms with van der Waals surface area (Å²) >= 11 is 0. The summed E-state index contributed by atoms with van der Waals surface area (Å²) in [6, 6.07) is 58.0. The minimum atomic E-state index is -0.109. The zero-order chi connectivity index (χ0) is 31.3. The molecule has 222 valence electrons. The van der Waals surface area contributed by atoms with E-state index >= 15 is 0 Å². The van der Waals surface area contributed by atoms with Crippen LogP contribution in [0.5, 0.6) is 0 Å². The average molecular weight is 601 g/mol. The Bertz CT molecular complexity index is 2690. The van der Waals surface area contributed by atoms with Crippen LogP contribution < -0.4 is 0 Å². The molecule has 0 saturated heterocycles. The molecule has 0 atom stereocenters. The third-order valence-electron chi connectivity index (χ3n) is 10.5. The lowest BCUT2D eigenvalue weighted by Gasteiger charge is -2.21. The van der Waals surface area contributed by atoms with Crippen molar-refractivity contribution >= 4 is 43.6 Å². The molecule has 0 saturated carbocycles. The standard InChI is InChI=1S/C45H32N2/c1-45(2)38-24-21-29(30-22-26-42-36(27-30)34-18-10-11-19-40(34)46(42)31-13-5-3-6-14-31)28-37(38)43-39(45)25-23-35-33-17-9-12-20-41(33)47(44(35)43)32-15-7-4-8-16-32/h3-28H,1-2H3. The van der Waals surface area contributed by atoms with E-state index in [1.54, 1.807) is 0 Å². The van der Waals surface area contributed by atoms with Crippen molar-refractivity contribution in [2.24, 2.45) is 0 Å². The molecule has 10 rings (SSSR count). The Labute approximate surface area is 273 Å². The Morgan fingerprint density at radius 2 is 0.936 bits per heavy atom. The number of hydrogen-bond acceptors (Lipinski definition) is 0. The minimum Gasteiger partial charge on any atom is -0.309 e. The molecule has 0 fully saturated rings. The van der Waals surface area contributed by atoms with Gasteiger partial charge in [0, 0.05) is 43.9 Å². The molecule has 2 heteroatoms. The van der Waals surface area contributed by atoms with Crippen molar-refractivity contribution in [3.05, 3.63) is 169 Å². The Kier molecular flexibility index (Phi) is 5.37. The van der Waals surface area contributed by atoms with Crippen molar-refractivity contribution in [3.8, 4) is 33.6 Å². The van der Waals surface area contributed by atoms with Crippen LogP contribution >= 0.6 is 0 Å². The van der Waals surface area contributed by atoms with Crippen LogP contribution in [0.4, 0.5) is 0 Å². The first kappa shape index (κ1) is 26.4. The summed E-state index contributed by atoms with van der Waals surface area (Å²) in [5.74, 6) is 0. The van der Waals surface area contributed by atoms with E-state index < -0.39 is 0 Å². The number of para-hydroxylation sites is 4. The van der Waals surface area contributed by atoms with Crippen molar-refractivity contribution in [1.29, 1.82) is 0 Å². The molecular formula is C45H32N2. The molecule has 2 aromatic heterocycles. The summed E-state index contributed by atoms with van der Waals surface area (Å²) in [6.07, 6.45) is 0. The van der Waals surface area contributed by atoms with Crippen molar-refractivity contribution in [1.82, 2.24) is 9.13 Å². The third-order valence-corrected chi connectivity index (χ3v) is 10.5. The van der Waals surface area contributed by atoms with Crippen LogP contribution in [0.3, 0.4) is 0 Å². The fraction of sp³-hybridized carbons (Fsp3) is 0.0667. The van der Waals surface area contributed by atoms with Gasteiger partial charge >= 0.3 is 0 Å². The maximum Gasteiger partial charge on any atom is 0.0622 e. The molecule has 47 heavy (non-hydrogen) atoms. The second-order valence-corrected chi connectivity index (χ2v) is 13.4. The van der Waals surface area contributed by atoms with Gasteiger partial charge in [0.05, 0.1) is 22.1 Å². The first-order valence-electron chi connectivity index (χ1n) is 16.5. The van der Waals surface area contributed by atoms with Crippen molar-refractivity contribution in [3.63, 3.8) is 0 Å². The van der Waals surface area contributed by atoms with Crippen LogP contribution in [0.25, 0.3) is 77.2 Å². The smallest absolute Gasteiger partial charge is 0.0622 e. The highest BCUT2D eigenvalue weighted by Gasteiger charge is 2.38. The fourth-order valence-corrected chi connectivity index (χ4v) is 8.32. The first-order chi connectivity index (χ1) is 23.1. The summed E-state index contributed by atoms with van der Waals surface area (Å²) in [4.78, 5) is 0. The lowest BCUT2D eigenvalue weighted by Crippen LogP contribution is -2.14. The SMILES string of the molecule is CC1(C)c2ccc(-c3ccc4c(c3)c3ccccc3n4-c3ccccc3)cc2-c2c1ccc1c3ccccc3n(-c3ccccc3)c21. The Hall–Kier alpha value is -5.86. The lowest BCUT2D eigenvalue weighted by molar-refractivity contribution is 0.661. The molecule has 0 amide bonds. The highest BCUT2D eigenvalue weighted by molar-refractivity contribution is 6.16. The molecule has 2 heterocycles. The number of hydrogen-bond donors (Lipinski definition) is 0. The monoisotopic (exact) mass is 600 g/mol. The van der Waals surface area contributed by atoms with Gasteiger partial charge in [-0.25, -0.2) is 0 Å². The van der Waals surface area contributed by atoms with Gasteiger partial charge in [0.15, 0.2) is 0 Å². The average Bonchev–Trinajstić information content (AvgIpc) is 3.72. The Morgan fingerprint density at radius 1 is 0.404 bits per heavy atom. The van der Waals surface area contributed by atoms with Gasteiger partial charge in [-0.05, 0) is 82.4 Å². The molecule has 0 spiro atoms. The lowest BCUT2D eigenvalue weighted by atomic mass is 9.82. The van der Waals surface area contributed by atoms with Crippen LogP contribution in [-0.4, -0.2) is 9.13 Å². The molecule has 7 aromatic carbocycles. The molecule has 1 aliphatic carbocycles. The van der Waals surface area contributed by atoms with Gasteiger partial charge < -0.3 is 9.13 Å². The van der Waals surface area contributed by atoms with Gasteiger partial charge in [-0.3, -0.25) is 0 Å². The number of nitrogens with zero attached hydrogens (tertiary/aromatic N) is 2. The van der Waals surface area contributed by atoms with Crippen molar-refractivity contribution < 1.29 is 0 Å². The van der Waals surface area contributed by atoms with E-state index in [4.69, 9.17) is 0 Å². The van der Waals surface area contributed by atoms with E-state index in [1.807, 2.05) is 0 Å². The summed E-state index contributed by atoms with van der Waals surface area (Å²) in [5, 5.41) is 5.13. The summed E-state index contributed by atoms with van der Waals surface area (Å²) in [5.41, 5.74) is 15.2. The summed E-state index contributed by atoms with van der Waals surface area (Å²) < 4.78 is 4.86. The number of rotatable bonds is 3. The molecule has 0 aliphatic heterocycles. The fourth-order valence-electron chi connectivity index (χ4n) is 8.32. The maximum absolute atomic E-state index is 2.48. The Balaban J connectivity index is 1.24. The second-order valence-electron chi connectivity index (χ2n) is 13.4. The van der Waals surface area contributed by atoms with Gasteiger partial charge in [0.25, 0.3) is 0 Å². The predicted molar refractivity (Wildman–Crippen MR) is 198 cm³/mol. The van der Waals surface area contributed by atoms with Crippen LogP contribution in [0.15, 0.2) is 158 Å². The van der Waals surface area contributed by atoms with E-state index in [0.29, 0.717) is 0 Å². The summed E-state index contributed by atoms with van der Waals surface area (Å²) in [7, 11) is 0. The highest BCUT2D eigenvalue weighted by Crippen LogP contribution is 2.53. The maximum atomic E-state index is 2.48. The van der Waals surface area contributed by atoms with Gasteiger partial charge in [-0.15, -0.1) is 0 Å². The summed E-state index contributed by atoms with van der Waals surface area (Å²) in [6.45, 7) is 4.76. The first-order valence-corrected chi connectivity index (χ1v) is 16.5. The van der Waals surface area contributed by atoms with Crippen LogP contribution in [-0.2, 0) is 5.41 Å². The van der Waals surface area contributed by atoms with Crippen LogP contribution in [0.1, 0.15) is 25.0 Å². The molecule has 0 bridgehead atoms. The second kappa shape index (κ2) is 9.57. The molecule has 9 aromatic rings. The van der Waals surface area contributed by atoms with Gasteiger partial charge in [-0.1, -0.05) is 117 Å². The predicted octanol–water partition coefficient (Wildman–Crippen LogP) is 11.9. The van der Waals surface area contributed by atoms with Gasteiger partial charge in [0.2, 0.25) is 0 Å². The quantitative estimate of drug-likeness (QED) is 0.191. The number of fused-ring (bicyclic) bond motifs is 10. The van der Waals surface area contributed by atoms with Crippen molar-refractivity contribution in [2.45, 2.75) is 19.3 Å². The Morgan fingerprint density at radius 3 is 1.66 bits per heavy atom. The van der Waals surface area contributed by atoms with Gasteiger partial charge in [0.1, 0.15) is 0 Å². The number of benzene rings is 7. The van der Waals surface area contributed by atoms with Gasteiger partial charge in [-0.2, -0.15) is 0 Å². The molecule has 0 radical (unpaired) electrons. The molecule has 0 N–H and O–H groups in total. The molecular weight excluding hydrogens is 569 g/mol. The molecule has 0 unspecified atom stereocenters. The van der Waals surface area contributed by atoms with E-state index in [2.05, 4.69) is 181 Å². The van der Waals surface area contributed by atoms with E-state index in [9.17, 15) is 0 Å². The van der Waals surface area contributed by atoms with Crippen LogP contribution in [0.2, 0.25) is 0 Å². The van der Waals surface area contributed by atoms with Crippen molar-refractivity contribution in [2.75, 3.05) is 0 Å². The highest BCUT2D eigenvalue weighted by atomic mass is 15.0. The normalized spacial score (nSPS) is 13.5. The zero-order valence-electron chi connectivity index (χ0n) is 26.4. The van der Waals surface area contributed by atoms with Crippen LogP contribution in [0, 0.1) is 0 Å². The molecule has 2 nitrogen and oxygen atoms in total. The minimum absolute atomic E-state index is 0.109.